The van der Waals surface area contributed by atoms with Crippen LogP contribution in [0.15, 0.2) is 24.5 Å². The molecule has 1 saturated heterocycles. The van der Waals surface area contributed by atoms with Gasteiger partial charge in [-0.3, -0.25) is 5.10 Å². The van der Waals surface area contributed by atoms with Crippen LogP contribution in [0.2, 0.25) is 0 Å². The van der Waals surface area contributed by atoms with Crippen LogP contribution in [-0.4, -0.2) is 65.3 Å². The summed E-state index contributed by atoms with van der Waals surface area (Å²) in [6.45, 7) is 4.02. The Morgan fingerprint density at radius 2 is 2.18 bits per heavy atom. The summed E-state index contributed by atoms with van der Waals surface area (Å²) in [5.41, 5.74) is 2.23. The van der Waals surface area contributed by atoms with Crippen LogP contribution in [0.3, 0.4) is 0 Å². The number of nitrogens with one attached hydrogen (secondary N) is 1. The molecular weight excluding hydrogens is 380 g/mol. The molecule has 3 aromatic heterocycles. The maximum Gasteiger partial charge on any atom is 0.179 e. The zero-order chi connectivity index (χ0) is 19.5. The minimum Gasteiger partial charge on any atom is -0.377 e. The van der Waals surface area contributed by atoms with Crippen molar-refractivity contribution in [3.63, 3.8) is 0 Å². The summed E-state index contributed by atoms with van der Waals surface area (Å²) in [5.74, 6) is 1.35. The van der Waals surface area contributed by atoms with Gasteiger partial charge in [-0.15, -0.1) is 5.10 Å². The lowest BCUT2D eigenvalue weighted by molar-refractivity contribution is 0.0984. The van der Waals surface area contributed by atoms with Gasteiger partial charge in [0.15, 0.2) is 15.7 Å². The Balaban J connectivity index is 1.76. The van der Waals surface area contributed by atoms with Crippen LogP contribution in [-0.2, 0) is 19.3 Å². The second kappa shape index (κ2) is 6.02. The van der Waals surface area contributed by atoms with Crippen LogP contribution in [0, 0.1) is 0 Å². The van der Waals surface area contributed by atoms with E-state index < -0.39 is 14.6 Å². The van der Waals surface area contributed by atoms with Crippen LogP contribution >= 0.6 is 0 Å². The number of aromatic amines is 1. The normalized spacial score (nSPS) is 21.9. The molecule has 1 saturated carbocycles. The minimum absolute atomic E-state index is 0.152. The Hall–Kier alpha value is -2.46. The smallest absolute Gasteiger partial charge is 0.179 e. The maximum atomic E-state index is 12.6. The van der Waals surface area contributed by atoms with E-state index in [0.29, 0.717) is 38.4 Å². The van der Waals surface area contributed by atoms with Gasteiger partial charge in [0.1, 0.15) is 11.5 Å². The molecule has 1 aliphatic heterocycles. The van der Waals surface area contributed by atoms with E-state index in [9.17, 15) is 8.42 Å². The van der Waals surface area contributed by atoms with Crippen LogP contribution in [0.25, 0.3) is 17.0 Å². The van der Waals surface area contributed by atoms with Crippen molar-refractivity contribution < 1.29 is 13.2 Å². The highest BCUT2D eigenvalue weighted by Crippen LogP contribution is 2.54. The van der Waals surface area contributed by atoms with Crippen LogP contribution in [0.1, 0.15) is 25.3 Å². The number of imidazole rings is 1. The van der Waals surface area contributed by atoms with E-state index in [0.717, 1.165) is 22.6 Å². The maximum absolute atomic E-state index is 12.6. The van der Waals surface area contributed by atoms with Gasteiger partial charge in [0, 0.05) is 24.6 Å². The van der Waals surface area contributed by atoms with Gasteiger partial charge in [0.2, 0.25) is 0 Å². The number of fused-ring (bicyclic) bond motifs is 1. The number of aromatic nitrogens is 5. The molecule has 148 valence electrons. The molecule has 0 amide bonds. The van der Waals surface area contributed by atoms with E-state index in [2.05, 4.69) is 27.0 Å². The van der Waals surface area contributed by atoms with E-state index in [1.165, 1.54) is 6.26 Å². The Bertz CT molecular complexity index is 1130. The number of H-pyrrole nitrogens is 1. The molecule has 1 N–H and O–H groups in total. The summed E-state index contributed by atoms with van der Waals surface area (Å²) in [6.07, 6.45) is 5.92. The summed E-state index contributed by atoms with van der Waals surface area (Å²) >= 11 is 0. The standard InChI is InChI=1S/C18H22N6O3S/c1-12-11-27-8-7-23(12)16-9-13(18(4-5-18)28(2,25)26)15-10-19-17(24(15)22-16)14-3-6-20-21-14/h3,6,9-10,12H,4-5,7-8,11H2,1-2H3,(H,20,21). The molecule has 10 heteroatoms. The van der Waals surface area contributed by atoms with Crippen molar-refractivity contribution in [3.05, 3.63) is 30.1 Å². The number of ether oxygens (including phenoxy) is 1. The monoisotopic (exact) mass is 402 g/mol. The molecule has 3 aromatic rings. The van der Waals surface area contributed by atoms with E-state index in [-0.39, 0.29) is 6.04 Å². The summed E-state index contributed by atoms with van der Waals surface area (Å²) in [4.78, 5) is 6.69. The Morgan fingerprint density at radius 3 is 2.82 bits per heavy atom. The first-order valence-corrected chi connectivity index (χ1v) is 11.2. The predicted octanol–water partition coefficient (Wildman–Crippen LogP) is 1.38. The predicted molar refractivity (Wildman–Crippen MR) is 104 cm³/mol. The fraction of sp³-hybridized carbons (Fsp3) is 0.500. The average molecular weight is 402 g/mol. The molecule has 0 radical (unpaired) electrons. The number of sulfone groups is 1. The molecule has 1 unspecified atom stereocenters. The lowest BCUT2D eigenvalue weighted by Crippen LogP contribution is -2.44. The van der Waals surface area contributed by atoms with E-state index in [1.807, 2.05) is 12.1 Å². The highest BCUT2D eigenvalue weighted by atomic mass is 32.2. The zero-order valence-corrected chi connectivity index (χ0v) is 16.6. The fourth-order valence-corrected chi connectivity index (χ4v) is 5.46. The number of rotatable bonds is 4. The molecular formula is C18H22N6O3S. The van der Waals surface area contributed by atoms with E-state index in [1.54, 1.807) is 16.9 Å². The summed E-state index contributed by atoms with van der Waals surface area (Å²) in [5, 5.41) is 11.8. The highest BCUT2D eigenvalue weighted by Gasteiger charge is 2.55. The Kier molecular flexibility index (Phi) is 3.79. The number of hydrogen-bond donors (Lipinski definition) is 1. The number of nitrogens with zero attached hydrogens (tertiary/aromatic N) is 5. The zero-order valence-electron chi connectivity index (χ0n) is 15.8. The molecule has 1 atom stereocenters. The van der Waals surface area contributed by atoms with Crippen molar-refractivity contribution in [2.24, 2.45) is 0 Å². The summed E-state index contributed by atoms with van der Waals surface area (Å²) in [7, 11) is -3.27. The minimum atomic E-state index is -3.27. The third-order valence-corrected chi connectivity index (χ3v) is 7.85. The second-order valence-corrected chi connectivity index (χ2v) is 9.97. The summed E-state index contributed by atoms with van der Waals surface area (Å²) in [6, 6.07) is 3.91. The Labute approximate surface area is 162 Å². The van der Waals surface area contributed by atoms with Crippen LogP contribution < -0.4 is 4.90 Å². The molecule has 2 fully saturated rings. The first kappa shape index (κ1) is 17.6. The third kappa shape index (κ3) is 2.55. The van der Waals surface area contributed by atoms with Crippen LogP contribution in [0.5, 0.6) is 0 Å². The van der Waals surface area contributed by atoms with Crippen molar-refractivity contribution in [2.45, 2.75) is 30.6 Å². The molecule has 5 rings (SSSR count). The first-order valence-electron chi connectivity index (χ1n) is 9.34. The van der Waals surface area contributed by atoms with Gasteiger partial charge < -0.3 is 9.64 Å². The van der Waals surface area contributed by atoms with E-state index in [4.69, 9.17) is 9.84 Å². The van der Waals surface area contributed by atoms with Crippen molar-refractivity contribution >= 4 is 21.2 Å². The topological polar surface area (TPSA) is 105 Å². The number of morpholine rings is 1. The van der Waals surface area contributed by atoms with Crippen molar-refractivity contribution in [1.29, 1.82) is 0 Å². The average Bonchev–Trinajstić information content (AvgIpc) is 3.11. The van der Waals surface area contributed by atoms with Crippen molar-refractivity contribution in [1.82, 2.24) is 24.8 Å². The van der Waals surface area contributed by atoms with E-state index >= 15 is 0 Å². The quantitative estimate of drug-likeness (QED) is 0.703. The molecule has 1 aliphatic carbocycles. The molecule has 0 bridgehead atoms. The number of anilines is 1. The largest absolute Gasteiger partial charge is 0.377 e. The second-order valence-electron chi connectivity index (χ2n) is 7.65. The molecule has 9 nitrogen and oxygen atoms in total. The SMILES string of the molecule is CC1COCCN1c1cc(C2(S(C)(=O)=O)CC2)c2cnc(-c3ccn[nH]3)n2n1. The van der Waals surface area contributed by atoms with Gasteiger partial charge in [-0.2, -0.15) is 5.10 Å². The van der Waals surface area contributed by atoms with Gasteiger partial charge in [-0.05, 0) is 31.9 Å². The lowest BCUT2D eigenvalue weighted by atomic mass is 10.1. The molecule has 28 heavy (non-hydrogen) atoms. The van der Waals surface area contributed by atoms with Gasteiger partial charge >= 0.3 is 0 Å². The molecule has 4 heterocycles. The molecule has 0 aromatic carbocycles. The summed E-state index contributed by atoms with van der Waals surface area (Å²) < 4.78 is 31.7. The third-order valence-electron chi connectivity index (χ3n) is 5.80. The van der Waals surface area contributed by atoms with Gasteiger partial charge in [0.05, 0.1) is 35.7 Å². The molecule has 0 spiro atoms. The van der Waals surface area contributed by atoms with Crippen molar-refractivity contribution in [2.75, 3.05) is 30.9 Å². The molecule has 2 aliphatic rings. The van der Waals surface area contributed by atoms with Crippen molar-refractivity contribution in [3.8, 4) is 11.5 Å². The Morgan fingerprint density at radius 1 is 1.36 bits per heavy atom. The fourth-order valence-electron chi connectivity index (χ4n) is 4.06. The van der Waals surface area contributed by atoms with Crippen LogP contribution in [0.4, 0.5) is 5.82 Å². The van der Waals surface area contributed by atoms with Gasteiger partial charge in [-0.1, -0.05) is 0 Å². The van der Waals surface area contributed by atoms with Gasteiger partial charge in [-0.25, -0.2) is 17.9 Å². The first-order chi connectivity index (χ1) is 13.4. The highest BCUT2D eigenvalue weighted by molar-refractivity contribution is 7.92. The number of hydrogen-bond acceptors (Lipinski definition) is 7. The lowest BCUT2D eigenvalue weighted by Gasteiger charge is -2.34. The van der Waals surface area contributed by atoms with Gasteiger partial charge in [0.25, 0.3) is 0 Å².